The van der Waals surface area contributed by atoms with Gasteiger partial charge in [0.2, 0.25) is 11.8 Å². The smallest absolute Gasteiger partial charge is 0.325 e. The largest absolute Gasteiger partial charge is 0.497 e. The van der Waals surface area contributed by atoms with Crippen molar-refractivity contribution in [1.29, 1.82) is 0 Å². The van der Waals surface area contributed by atoms with E-state index in [0.29, 0.717) is 17.0 Å². The minimum atomic E-state index is -1.26. The number of ether oxygens (including phenoxy) is 1. The minimum absolute atomic E-state index is 0.241. The van der Waals surface area contributed by atoms with Crippen LogP contribution in [0.25, 0.3) is 0 Å². The molecule has 2 N–H and O–H groups in total. The number of benzene rings is 2. The average molecular weight is 438 g/mol. The van der Waals surface area contributed by atoms with Gasteiger partial charge in [-0.15, -0.1) is 0 Å². The summed E-state index contributed by atoms with van der Waals surface area (Å²) < 4.78 is 5.11. The van der Waals surface area contributed by atoms with Gasteiger partial charge in [0.15, 0.2) is 0 Å². The number of rotatable bonds is 7. The Kier molecular flexibility index (Phi) is 6.47. The molecule has 1 heterocycles. The molecule has 3 rings (SSSR count). The van der Waals surface area contributed by atoms with Crippen molar-refractivity contribution >= 4 is 29.4 Å². The van der Waals surface area contributed by atoms with Crippen molar-refractivity contribution in [2.45, 2.75) is 19.4 Å². The van der Waals surface area contributed by atoms with E-state index in [1.54, 1.807) is 43.3 Å². The van der Waals surface area contributed by atoms with E-state index in [9.17, 15) is 19.2 Å². The van der Waals surface area contributed by atoms with Gasteiger partial charge in [-0.1, -0.05) is 35.9 Å². The lowest BCUT2D eigenvalue weighted by molar-refractivity contribution is -0.139. The fourth-order valence-corrected chi connectivity index (χ4v) is 3.38. The normalized spacial score (nSPS) is 17.7. The number of anilines is 1. The van der Waals surface area contributed by atoms with Crippen LogP contribution in [0.3, 0.4) is 0 Å². The molecular formula is C23H26N4O5. The summed E-state index contributed by atoms with van der Waals surface area (Å²) in [7, 11) is 2.96. The van der Waals surface area contributed by atoms with Crippen molar-refractivity contribution in [3.05, 3.63) is 59.7 Å². The molecular weight excluding hydrogens is 412 g/mol. The Morgan fingerprint density at radius 3 is 2.50 bits per heavy atom. The van der Waals surface area contributed by atoms with Gasteiger partial charge >= 0.3 is 6.03 Å². The first-order valence-electron chi connectivity index (χ1n) is 10.0. The van der Waals surface area contributed by atoms with Crippen molar-refractivity contribution in [2.24, 2.45) is 0 Å². The lowest BCUT2D eigenvalue weighted by atomic mass is 9.91. The molecule has 32 heavy (non-hydrogen) atoms. The van der Waals surface area contributed by atoms with Gasteiger partial charge < -0.3 is 20.3 Å². The summed E-state index contributed by atoms with van der Waals surface area (Å²) in [6.45, 7) is 2.82. The Morgan fingerprint density at radius 1 is 1.16 bits per heavy atom. The second-order valence-corrected chi connectivity index (χ2v) is 7.84. The number of nitrogens with one attached hydrogen (secondary N) is 2. The van der Waals surface area contributed by atoms with Gasteiger partial charge in [-0.25, -0.2) is 4.79 Å². The zero-order chi connectivity index (χ0) is 23.5. The van der Waals surface area contributed by atoms with E-state index >= 15 is 0 Å². The lowest BCUT2D eigenvalue weighted by Crippen LogP contribution is -2.45. The molecule has 9 heteroatoms. The number of hydrogen-bond acceptors (Lipinski definition) is 5. The van der Waals surface area contributed by atoms with Crippen LogP contribution in [0.15, 0.2) is 48.5 Å². The number of carbonyl (C=O) groups excluding carboxylic acids is 4. The maximum Gasteiger partial charge on any atom is 0.325 e. The number of likely N-dealkylation sites (N-methyl/N-ethyl adjacent to an activating group) is 1. The molecule has 1 saturated heterocycles. The maximum absolute atomic E-state index is 13.0. The van der Waals surface area contributed by atoms with Gasteiger partial charge in [0.25, 0.3) is 5.91 Å². The molecule has 1 atom stereocenters. The van der Waals surface area contributed by atoms with Gasteiger partial charge in [-0.05, 0) is 31.5 Å². The van der Waals surface area contributed by atoms with Gasteiger partial charge in [0.1, 0.15) is 17.8 Å². The molecule has 0 saturated carbocycles. The zero-order valence-electron chi connectivity index (χ0n) is 18.5. The van der Waals surface area contributed by atoms with E-state index in [2.05, 4.69) is 10.6 Å². The second-order valence-electron chi connectivity index (χ2n) is 7.84. The Morgan fingerprint density at radius 2 is 1.84 bits per heavy atom. The van der Waals surface area contributed by atoms with Crippen LogP contribution >= 0.6 is 0 Å². The molecule has 0 spiro atoms. The van der Waals surface area contributed by atoms with E-state index < -0.39 is 35.8 Å². The summed E-state index contributed by atoms with van der Waals surface area (Å²) >= 11 is 0. The number of hydrogen-bond donors (Lipinski definition) is 2. The van der Waals surface area contributed by atoms with Crippen LogP contribution in [0.5, 0.6) is 5.75 Å². The van der Waals surface area contributed by atoms with E-state index in [1.165, 1.54) is 14.2 Å². The van der Waals surface area contributed by atoms with Crippen LogP contribution in [-0.2, 0) is 19.9 Å². The highest BCUT2D eigenvalue weighted by Crippen LogP contribution is 2.29. The van der Waals surface area contributed by atoms with Crippen LogP contribution in [0.1, 0.15) is 18.1 Å². The van der Waals surface area contributed by atoms with E-state index in [0.717, 1.165) is 15.4 Å². The van der Waals surface area contributed by atoms with Crippen LogP contribution in [0.2, 0.25) is 0 Å². The standard InChI is InChI=1S/C23H26N4O5/c1-15-8-10-16(11-9-15)23(2)21(30)27(22(31)25-23)14-20(29)26(3)13-19(28)24-17-6-5-7-18(12-17)32-4/h5-12H,13-14H2,1-4H3,(H,24,28)(H,25,31)/t23-/m1/s1. The monoisotopic (exact) mass is 438 g/mol. The molecule has 0 aliphatic carbocycles. The van der Waals surface area contributed by atoms with Crippen LogP contribution in [0, 0.1) is 6.92 Å². The molecule has 2 aromatic carbocycles. The van der Waals surface area contributed by atoms with Crippen molar-refractivity contribution in [2.75, 3.05) is 32.6 Å². The number of urea groups is 1. The Hall–Kier alpha value is -3.88. The first-order valence-corrected chi connectivity index (χ1v) is 10.0. The molecule has 9 nitrogen and oxygen atoms in total. The lowest BCUT2D eigenvalue weighted by Gasteiger charge is -2.23. The van der Waals surface area contributed by atoms with E-state index in [4.69, 9.17) is 4.74 Å². The number of aryl methyl sites for hydroxylation is 1. The fraction of sp³-hybridized carbons (Fsp3) is 0.304. The highest BCUT2D eigenvalue weighted by molar-refractivity contribution is 6.09. The first kappa shape index (κ1) is 22.8. The Balaban J connectivity index is 1.61. The fourth-order valence-electron chi connectivity index (χ4n) is 3.38. The first-order chi connectivity index (χ1) is 15.1. The summed E-state index contributed by atoms with van der Waals surface area (Å²) in [5.74, 6) is -0.894. The number of amides is 5. The molecule has 168 valence electrons. The summed E-state index contributed by atoms with van der Waals surface area (Å²) in [6.07, 6.45) is 0. The van der Waals surface area contributed by atoms with Crippen molar-refractivity contribution in [1.82, 2.24) is 15.1 Å². The Labute approximate surface area is 186 Å². The zero-order valence-corrected chi connectivity index (χ0v) is 18.5. The SMILES string of the molecule is COc1cccc(NC(=O)CN(C)C(=O)CN2C(=O)N[C@](C)(c3ccc(C)cc3)C2=O)c1. The molecule has 2 aromatic rings. The molecule has 0 unspecified atom stereocenters. The van der Waals surface area contributed by atoms with Crippen molar-refractivity contribution < 1.29 is 23.9 Å². The molecule has 5 amide bonds. The van der Waals surface area contributed by atoms with Gasteiger partial charge in [-0.2, -0.15) is 0 Å². The summed E-state index contributed by atoms with van der Waals surface area (Å²) in [4.78, 5) is 52.4. The molecule has 1 aliphatic rings. The molecule has 1 aliphatic heterocycles. The van der Waals surface area contributed by atoms with Gasteiger partial charge in [0.05, 0.1) is 13.7 Å². The van der Waals surface area contributed by atoms with Gasteiger partial charge in [-0.3, -0.25) is 19.3 Å². The summed E-state index contributed by atoms with van der Waals surface area (Å²) in [5, 5.41) is 5.35. The van der Waals surface area contributed by atoms with Crippen LogP contribution in [0.4, 0.5) is 10.5 Å². The summed E-state index contributed by atoms with van der Waals surface area (Å²) in [6, 6.07) is 13.4. The second kappa shape index (κ2) is 9.09. The highest BCUT2D eigenvalue weighted by Gasteiger charge is 2.49. The molecule has 0 bridgehead atoms. The average Bonchev–Trinajstić information content (AvgIpc) is 2.97. The number of nitrogens with zero attached hydrogens (tertiary/aromatic N) is 2. The highest BCUT2D eigenvalue weighted by atomic mass is 16.5. The maximum atomic E-state index is 13.0. The number of imide groups is 1. The van der Waals surface area contributed by atoms with Crippen molar-refractivity contribution in [3.63, 3.8) is 0 Å². The van der Waals surface area contributed by atoms with Crippen LogP contribution < -0.4 is 15.4 Å². The number of carbonyl (C=O) groups is 4. The predicted molar refractivity (Wildman–Crippen MR) is 118 cm³/mol. The summed E-state index contributed by atoms with van der Waals surface area (Å²) in [5.41, 5.74) is 0.920. The molecule has 0 aromatic heterocycles. The topological polar surface area (TPSA) is 108 Å². The minimum Gasteiger partial charge on any atom is -0.497 e. The third kappa shape index (κ3) is 4.72. The molecule has 1 fully saturated rings. The Bertz CT molecular complexity index is 1050. The van der Waals surface area contributed by atoms with Gasteiger partial charge in [0, 0.05) is 18.8 Å². The van der Waals surface area contributed by atoms with Crippen LogP contribution in [-0.4, -0.2) is 60.8 Å². The van der Waals surface area contributed by atoms with Crippen molar-refractivity contribution in [3.8, 4) is 5.75 Å². The van der Waals surface area contributed by atoms with E-state index in [-0.39, 0.29) is 6.54 Å². The van der Waals surface area contributed by atoms with E-state index in [1.807, 2.05) is 19.1 Å². The third-order valence-electron chi connectivity index (χ3n) is 5.36. The number of methoxy groups -OCH3 is 1. The molecule has 0 radical (unpaired) electrons. The quantitative estimate of drug-likeness (QED) is 0.642. The third-order valence-corrected chi connectivity index (χ3v) is 5.36. The predicted octanol–water partition coefficient (Wildman–Crippen LogP) is 1.87.